The van der Waals surface area contributed by atoms with E-state index in [2.05, 4.69) is 4.98 Å². The third-order valence-electron chi connectivity index (χ3n) is 3.70. The second kappa shape index (κ2) is 5.72. The Bertz CT molecular complexity index is 823. The number of aromatic hydroxyl groups is 1. The van der Waals surface area contributed by atoms with Crippen molar-refractivity contribution in [1.82, 2.24) is 4.98 Å². The Hall–Kier alpha value is -2.49. The van der Waals surface area contributed by atoms with Crippen molar-refractivity contribution in [3.05, 3.63) is 59.8 Å². The second-order valence-electron chi connectivity index (χ2n) is 5.20. The summed E-state index contributed by atoms with van der Waals surface area (Å²) >= 11 is 0. The smallest absolute Gasteiger partial charge is 0.140 e. The maximum absolute atomic E-state index is 14.6. The molecule has 0 aliphatic heterocycles. The lowest BCUT2D eigenvalue weighted by molar-refractivity contribution is 0.458. The first-order valence-corrected chi connectivity index (χ1v) is 7.16. The van der Waals surface area contributed by atoms with Crippen molar-refractivity contribution in [3.63, 3.8) is 0 Å². The van der Waals surface area contributed by atoms with Gasteiger partial charge in [-0.1, -0.05) is 13.3 Å². The third kappa shape index (κ3) is 2.41. The number of rotatable bonds is 3. The van der Waals surface area contributed by atoms with Gasteiger partial charge in [0.25, 0.3) is 0 Å². The lowest BCUT2D eigenvalue weighted by atomic mass is 9.98. The van der Waals surface area contributed by atoms with Crippen LogP contribution in [0.2, 0.25) is 0 Å². The van der Waals surface area contributed by atoms with Crippen LogP contribution in [0.3, 0.4) is 0 Å². The molecule has 3 rings (SSSR count). The molecule has 0 bridgehead atoms. The zero-order valence-corrected chi connectivity index (χ0v) is 12.1. The highest BCUT2D eigenvalue weighted by Crippen LogP contribution is 2.33. The zero-order chi connectivity index (χ0) is 15.7. The van der Waals surface area contributed by atoms with Gasteiger partial charge in [-0.3, -0.25) is 4.98 Å². The van der Waals surface area contributed by atoms with E-state index in [9.17, 15) is 13.9 Å². The quantitative estimate of drug-likeness (QED) is 0.751. The summed E-state index contributed by atoms with van der Waals surface area (Å²) in [6.45, 7) is 1.91. The van der Waals surface area contributed by atoms with Gasteiger partial charge in [0.1, 0.15) is 17.4 Å². The Morgan fingerprint density at radius 1 is 1.14 bits per heavy atom. The van der Waals surface area contributed by atoms with Crippen molar-refractivity contribution in [1.29, 1.82) is 0 Å². The van der Waals surface area contributed by atoms with Gasteiger partial charge < -0.3 is 5.11 Å². The summed E-state index contributed by atoms with van der Waals surface area (Å²) in [6, 6.07) is 9.20. The second-order valence-corrected chi connectivity index (χ2v) is 5.20. The number of phenolic OH excluding ortho intramolecular Hbond substituents is 1. The molecular weight excluding hydrogens is 284 g/mol. The molecule has 0 unspecified atom stereocenters. The van der Waals surface area contributed by atoms with E-state index in [1.807, 2.05) is 6.92 Å². The highest BCUT2D eigenvalue weighted by atomic mass is 19.1. The molecule has 1 N–H and O–H groups in total. The van der Waals surface area contributed by atoms with E-state index in [-0.39, 0.29) is 16.9 Å². The predicted octanol–water partition coefficient (Wildman–Crippen LogP) is 4.84. The number of phenols is 1. The molecule has 0 spiro atoms. The Kier molecular flexibility index (Phi) is 3.75. The number of nitrogens with zero attached hydrogens (tertiary/aromatic N) is 1. The van der Waals surface area contributed by atoms with E-state index in [0.29, 0.717) is 22.9 Å². The molecule has 0 saturated heterocycles. The molecule has 3 aromatic rings. The summed E-state index contributed by atoms with van der Waals surface area (Å²) in [4.78, 5) is 4.09. The number of pyridine rings is 1. The van der Waals surface area contributed by atoms with E-state index < -0.39 is 11.6 Å². The molecule has 1 aromatic heterocycles. The van der Waals surface area contributed by atoms with Crippen LogP contribution in [0.15, 0.2) is 42.6 Å². The number of benzene rings is 2. The molecule has 0 atom stereocenters. The van der Waals surface area contributed by atoms with Crippen LogP contribution in [0.5, 0.6) is 5.75 Å². The molecule has 0 radical (unpaired) electrons. The van der Waals surface area contributed by atoms with Crippen molar-refractivity contribution in [2.75, 3.05) is 0 Å². The van der Waals surface area contributed by atoms with E-state index in [1.54, 1.807) is 30.5 Å². The number of hydrogen-bond acceptors (Lipinski definition) is 2. The van der Waals surface area contributed by atoms with Crippen molar-refractivity contribution < 1.29 is 13.9 Å². The van der Waals surface area contributed by atoms with Gasteiger partial charge in [0.05, 0.1) is 5.52 Å². The molecule has 1 heterocycles. The minimum absolute atomic E-state index is 0.137. The summed E-state index contributed by atoms with van der Waals surface area (Å²) in [5.74, 6) is -1.11. The number of halogens is 2. The van der Waals surface area contributed by atoms with Crippen LogP contribution in [0.1, 0.15) is 18.9 Å². The van der Waals surface area contributed by atoms with Crippen LogP contribution in [0, 0.1) is 11.6 Å². The molecular formula is C18H15F2NO. The molecule has 2 nitrogen and oxygen atoms in total. The molecule has 2 aromatic carbocycles. The van der Waals surface area contributed by atoms with E-state index in [4.69, 9.17) is 0 Å². The van der Waals surface area contributed by atoms with Gasteiger partial charge in [0.15, 0.2) is 0 Å². The molecule has 22 heavy (non-hydrogen) atoms. The van der Waals surface area contributed by atoms with Gasteiger partial charge in [-0.05, 0) is 48.4 Å². The molecule has 0 saturated carbocycles. The Morgan fingerprint density at radius 3 is 2.68 bits per heavy atom. The van der Waals surface area contributed by atoms with Crippen molar-refractivity contribution in [3.8, 4) is 16.9 Å². The minimum Gasteiger partial charge on any atom is -0.508 e. The number of aromatic nitrogens is 1. The Labute approximate surface area is 127 Å². The maximum Gasteiger partial charge on any atom is 0.140 e. The lowest BCUT2D eigenvalue weighted by Crippen LogP contribution is -1.94. The summed E-state index contributed by atoms with van der Waals surface area (Å²) in [5, 5.41) is 10.4. The Balaban J connectivity index is 2.17. The van der Waals surface area contributed by atoms with Crippen LogP contribution in [-0.2, 0) is 6.42 Å². The summed E-state index contributed by atoms with van der Waals surface area (Å²) in [5.41, 5.74) is 1.38. The van der Waals surface area contributed by atoms with Crippen LogP contribution in [0.4, 0.5) is 8.78 Å². The fourth-order valence-electron chi connectivity index (χ4n) is 2.61. The molecule has 4 heteroatoms. The Morgan fingerprint density at radius 2 is 1.95 bits per heavy atom. The van der Waals surface area contributed by atoms with Gasteiger partial charge in [0.2, 0.25) is 0 Å². The average Bonchev–Trinajstić information content (AvgIpc) is 2.51. The molecule has 0 aliphatic carbocycles. The van der Waals surface area contributed by atoms with Gasteiger partial charge in [-0.25, -0.2) is 8.78 Å². The highest BCUT2D eigenvalue weighted by molar-refractivity contribution is 5.85. The van der Waals surface area contributed by atoms with Crippen LogP contribution < -0.4 is 0 Å². The number of hydrogen-bond donors (Lipinski definition) is 1. The normalized spacial score (nSPS) is 11.0. The predicted molar refractivity (Wildman–Crippen MR) is 82.8 cm³/mol. The first-order chi connectivity index (χ1) is 10.6. The fraction of sp³-hybridized carbons (Fsp3) is 0.167. The van der Waals surface area contributed by atoms with Gasteiger partial charge >= 0.3 is 0 Å². The van der Waals surface area contributed by atoms with Crippen LogP contribution in [-0.4, -0.2) is 10.1 Å². The summed E-state index contributed by atoms with van der Waals surface area (Å²) in [6.07, 6.45) is 2.76. The average molecular weight is 299 g/mol. The summed E-state index contributed by atoms with van der Waals surface area (Å²) < 4.78 is 28.8. The molecule has 112 valence electrons. The SMILES string of the molecule is CCCc1c(O)cc(-c2ccc3ncccc3c2F)cc1F. The lowest BCUT2D eigenvalue weighted by Gasteiger charge is -2.10. The van der Waals surface area contributed by atoms with Crippen molar-refractivity contribution in [2.45, 2.75) is 19.8 Å². The zero-order valence-electron chi connectivity index (χ0n) is 12.1. The first-order valence-electron chi connectivity index (χ1n) is 7.16. The van der Waals surface area contributed by atoms with E-state index in [0.717, 1.165) is 6.42 Å². The first kappa shape index (κ1) is 14.4. The largest absolute Gasteiger partial charge is 0.508 e. The van der Waals surface area contributed by atoms with E-state index >= 15 is 0 Å². The van der Waals surface area contributed by atoms with E-state index in [1.165, 1.54) is 12.1 Å². The molecule has 0 fully saturated rings. The maximum atomic E-state index is 14.6. The fourth-order valence-corrected chi connectivity index (χ4v) is 2.61. The summed E-state index contributed by atoms with van der Waals surface area (Å²) in [7, 11) is 0. The van der Waals surface area contributed by atoms with Crippen molar-refractivity contribution in [2.24, 2.45) is 0 Å². The number of fused-ring (bicyclic) bond motifs is 1. The topological polar surface area (TPSA) is 33.1 Å². The van der Waals surface area contributed by atoms with Gasteiger partial charge in [-0.2, -0.15) is 0 Å². The highest BCUT2D eigenvalue weighted by Gasteiger charge is 2.15. The molecule has 0 aliphatic rings. The third-order valence-corrected chi connectivity index (χ3v) is 3.70. The van der Waals surface area contributed by atoms with Crippen molar-refractivity contribution >= 4 is 10.9 Å². The molecule has 0 amide bonds. The standard InChI is InChI=1S/C18H15F2NO/c1-2-4-13-15(19)9-11(10-17(13)22)12-6-7-16-14(18(12)20)5-3-8-21-16/h3,5-10,22H,2,4H2,1H3. The monoisotopic (exact) mass is 299 g/mol. The minimum atomic E-state index is -0.512. The van der Waals surface area contributed by atoms with Gasteiger partial charge in [-0.15, -0.1) is 0 Å². The van der Waals surface area contributed by atoms with Crippen LogP contribution >= 0.6 is 0 Å². The van der Waals surface area contributed by atoms with Crippen LogP contribution in [0.25, 0.3) is 22.0 Å². The van der Waals surface area contributed by atoms with Gasteiger partial charge in [0, 0.05) is 22.7 Å².